The highest BCUT2D eigenvalue weighted by Crippen LogP contribution is 2.17. The first-order valence-electron chi connectivity index (χ1n) is 3.35. The number of hydrogen-bond acceptors (Lipinski definition) is 2. The van der Waals surface area contributed by atoms with E-state index in [2.05, 4.69) is 0 Å². The largest absolute Gasteiger partial charge is 0.471 e. The molecular formula is C6H9F3N2O2. The van der Waals surface area contributed by atoms with Crippen molar-refractivity contribution >= 4 is 11.8 Å². The van der Waals surface area contributed by atoms with Crippen LogP contribution >= 0.6 is 0 Å². The lowest BCUT2D eigenvalue weighted by atomic mass is 10.3. The highest BCUT2D eigenvalue weighted by Gasteiger charge is 2.40. The SMILES string of the molecule is CN(CCC(N)=O)C(=O)C(F)(F)F. The summed E-state index contributed by atoms with van der Waals surface area (Å²) in [6.07, 6.45) is -5.18. The zero-order valence-electron chi connectivity index (χ0n) is 6.89. The van der Waals surface area contributed by atoms with Crippen molar-refractivity contribution in [2.24, 2.45) is 5.73 Å². The van der Waals surface area contributed by atoms with Crippen molar-refractivity contribution < 1.29 is 22.8 Å². The Balaban J connectivity index is 4.05. The summed E-state index contributed by atoms with van der Waals surface area (Å²) >= 11 is 0. The molecule has 13 heavy (non-hydrogen) atoms. The minimum Gasteiger partial charge on any atom is -0.370 e. The molecule has 0 aliphatic rings. The molecule has 0 heterocycles. The van der Waals surface area contributed by atoms with Crippen LogP contribution in [0.1, 0.15) is 6.42 Å². The van der Waals surface area contributed by atoms with Gasteiger partial charge in [0.1, 0.15) is 0 Å². The second-order valence-electron chi connectivity index (χ2n) is 2.44. The molecule has 2 amide bonds. The molecule has 76 valence electrons. The van der Waals surface area contributed by atoms with Gasteiger partial charge in [0.25, 0.3) is 0 Å². The quantitative estimate of drug-likeness (QED) is 0.687. The minimum absolute atomic E-state index is 0.279. The summed E-state index contributed by atoms with van der Waals surface area (Å²) in [6.45, 7) is -0.326. The highest BCUT2D eigenvalue weighted by molar-refractivity contribution is 5.82. The van der Waals surface area contributed by atoms with Crippen molar-refractivity contribution in [2.75, 3.05) is 13.6 Å². The third-order valence-electron chi connectivity index (χ3n) is 1.28. The lowest BCUT2D eigenvalue weighted by molar-refractivity contribution is -0.184. The van der Waals surface area contributed by atoms with Crippen LogP contribution in [-0.4, -0.2) is 36.5 Å². The van der Waals surface area contributed by atoms with Gasteiger partial charge in [-0.1, -0.05) is 0 Å². The summed E-state index contributed by atoms with van der Waals surface area (Å²) in [5.74, 6) is -2.73. The van der Waals surface area contributed by atoms with Gasteiger partial charge in [-0.2, -0.15) is 13.2 Å². The van der Waals surface area contributed by atoms with Gasteiger partial charge in [0, 0.05) is 20.0 Å². The molecule has 0 saturated carbocycles. The van der Waals surface area contributed by atoms with Crippen LogP contribution in [0.2, 0.25) is 0 Å². The molecule has 0 unspecified atom stereocenters. The molecule has 0 saturated heterocycles. The molecule has 0 aromatic rings. The average molecular weight is 198 g/mol. The number of halogens is 3. The smallest absolute Gasteiger partial charge is 0.370 e. The van der Waals surface area contributed by atoms with Gasteiger partial charge in [-0.05, 0) is 0 Å². The summed E-state index contributed by atoms with van der Waals surface area (Å²) in [5.41, 5.74) is 4.69. The lowest BCUT2D eigenvalue weighted by Gasteiger charge is -2.17. The molecule has 0 fully saturated rings. The number of nitrogens with two attached hydrogens (primary N) is 1. The average Bonchev–Trinajstić information content (AvgIpc) is 1.96. The predicted octanol–water partition coefficient (Wildman–Crippen LogP) is -0.118. The number of primary amides is 1. The van der Waals surface area contributed by atoms with Gasteiger partial charge in [-0.3, -0.25) is 9.59 Å². The summed E-state index contributed by atoms with van der Waals surface area (Å²) < 4.78 is 35.1. The number of carbonyl (C=O) groups is 2. The van der Waals surface area contributed by atoms with E-state index in [9.17, 15) is 22.8 Å². The van der Waals surface area contributed by atoms with Crippen LogP contribution in [-0.2, 0) is 9.59 Å². The first-order chi connectivity index (χ1) is 5.75. The first kappa shape index (κ1) is 11.7. The number of amides is 2. The van der Waals surface area contributed by atoms with Crippen molar-refractivity contribution in [3.05, 3.63) is 0 Å². The van der Waals surface area contributed by atoms with Gasteiger partial charge < -0.3 is 10.6 Å². The fraction of sp³-hybridized carbons (Fsp3) is 0.667. The molecular weight excluding hydrogens is 189 g/mol. The summed E-state index contributed by atoms with van der Waals surface area (Å²) in [6, 6.07) is 0. The third kappa shape index (κ3) is 4.34. The zero-order valence-corrected chi connectivity index (χ0v) is 6.89. The van der Waals surface area contributed by atoms with E-state index in [1.165, 1.54) is 0 Å². The highest BCUT2D eigenvalue weighted by atomic mass is 19.4. The van der Waals surface area contributed by atoms with Gasteiger partial charge in [0.2, 0.25) is 5.91 Å². The number of alkyl halides is 3. The van der Waals surface area contributed by atoms with Crippen LogP contribution in [0, 0.1) is 0 Å². The Morgan fingerprint density at radius 3 is 2.15 bits per heavy atom. The van der Waals surface area contributed by atoms with E-state index < -0.39 is 18.0 Å². The number of nitrogens with zero attached hydrogens (tertiary/aromatic N) is 1. The Bertz CT molecular complexity index is 214. The van der Waals surface area contributed by atoms with Crippen LogP contribution in [0.4, 0.5) is 13.2 Å². The lowest BCUT2D eigenvalue weighted by Crippen LogP contribution is -2.39. The van der Waals surface area contributed by atoms with Crippen LogP contribution in [0.5, 0.6) is 0 Å². The Morgan fingerprint density at radius 2 is 1.85 bits per heavy atom. The molecule has 0 atom stereocenters. The second-order valence-corrected chi connectivity index (χ2v) is 2.44. The Labute approximate surface area is 72.5 Å². The van der Waals surface area contributed by atoms with Crippen molar-refractivity contribution in [1.29, 1.82) is 0 Å². The van der Waals surface area contributed by atoms with Crippen LogP contribution in [0.15, 0.2) is 0 Å². The Kier molecular flexibility index (Phi) is 3.70. The van der Waals surface area contributed by atoms with Gasteiger partial charge in [-0.25, -0.2) is 0 Å². The van der Waals surface area contributed by atoms with Gasteiger partial charge in [0.15, 0.2) is 0 Å². The molecule has 0 aromatic carbocycles. The molecule has 0 rings (SSSR count). The molecule has 0 bridgehead atoms. The fourth-order valence-corrected chi connectivity index (χ4v) is 0.596. The van der Waals surface area contributed by atoms with Crippen molar-refractivity contribution in [3.8, 4) is 0 Å². The molecule has 0 aliphatic carbocycles. The standard InChI is InChI=1S/C6H9F3N2O2/c1-11(3-2-4(10)12)5(13)6(7,8)9/h2-3H2,1H3,(H2,10,12). The third-order valence-corrected chi connectivity index (χ3v) is 1.28. The van der Waals surface area contributed by atoms with E-state index in [4.69, 9.17) is 5.73 Å². The van der Waals surface area contributed by atoms with E-state index in [0.717, 1.165) is 7.05 Å². The first-order valence-corrected chi connectivity index (χ1v) is 3.35. The fourth-order valence-electron chi connectivity index (χ4n) is 0.596. The molecule has 0 radical (unpaired) electrons. The van der Waals surface area contributed by atoms with Crippen molar-refractivity contribution in [3.63, 3.8) is 0 Å². The van der Waals surface area contributed by atoms with E-state index in [-0.39, 0.29) is 13.0 Å². The van der Waals surface area contributed by atoms with Crippen molar-refractivity contribution in [1.82, 2.24) is 4.90 Å². The molecule has 0 aliphatic heterocycles. The van der Waals surface area contributed by atoms with Crippen molar-refractivity contribution in [2.45, 2.75) is 12.6 Å². The molecule has 2 N–H and O–H groups in total. The van der Waals surface area contributed by atoms with Crippen LogP contribution in [0.25, 0.3) is 0 Å². The zero-order chi connectivity index (χ0) is 10.6. The number of carbonyl (C=O) groups excluding carboxylic acids is 2. The predicted molar refractivity (Wildman–Crippen MR) is 37.5 cm³/mol. The van der Waals surface area contributed by atoms with Gasteiger partial charge in [-0.15, -0.1) is 0 Å². The number of hydrogen-bond donors (Lipinski definition) is 1. The van der Waals surface area contributed by atoms with E-state index in [1.807, 2.05) is 0 Å². The molecule has 0 aromatic heterocycles. The maximum atomic E-state index is 11.7. The maximum absolute atomic E-state index is 11.7. The summed E-state index contributed by atoms with van der Waals surface area (Å²) in [7, 11) is 0.957. The topological polar surface area (TPSA) is 63.4 Å². The summed E-state index contributed by atoms with van der Waals surface area (Å²) in [4.78, 5) is 21.0. The molecule has 7 heteroatoms. The number of rotatable bonds is 3. The molecule has 0 spiro atoms. The summed E-state index contributed by atoms with van der Waals surface area (Å²) in [5, 5.41) is 0. The molecule has 4 nitrogen and oxygen atoms in total. The Morgan fingerprint density at radius 1 is 1.38 bits per heavy atom. The van der Waals surface area contributed by atoms with Gasteiger partial charge in [0.05, 0.1) is 0 Å². The minimum atomic E-state index is -4.90. The normalized spacial score (nSPS) is 11.1. The van der Waals surface area contributed by atoms with E-state index >= 15 is 0 Å². The van der Waals surface area contributed by atoms with Crippen LogP contribution in [0.3, 0.4) is 0 Å². The van der Waals surface area contributed by atoms with E-state index in [1.54, 1.807) is 0 Å². The second kappa shape index (κ2) is 4.11. The maximum Gasteiger partial charge on any atom is 0.471 e. The van der Waals surface area contributed by atoms with Crippen LogP contribution < -0.4 is 5.73 Å². The van der Waals surface area contributed by atoms with Gasteiger partial charge >= 0.3 is 12.1 Å². The van der Waals surface area contributed by atoms with E-state index in [0.29, 0.717) is 4.90 Å². The Hall–Kier alpha value is -1.27. The monoisotopic (exact) mass is 198 g/mol.